The molecule has 0 aliphatic heterocycles. The molecule has 0 bridgehead atoms. The first-order valence-corrected chi connectivity index (χ1v) is 7.50. The summed E-state index contributed by atoms with van der Waals surface area (Å²) in [6.45, 7) is 3.83. The van der Waals surface area contributed by atoms with Crippen molar-refractivity contribution in [1.29, 1.82) is 0 Å². The van der Waals surface area contributed by atoms with Gasteiger partial charge in [0.15, 0.2) is 5.76 Å². The first-order chi connectivity index (χ1) is 10.2. The molecule has 0 amide bonds. The Balaban J connectivity index is 2.31. The molecule has 0 saturated carbocycles. The van der Waals surface area contributed by atoms with Crippen molar-refractivity contribution in [3.63, 3.8) is 0 Å². The minimum Gasteiger partial charge on any atom is -0.482 e. The molecule has 5 heteroatoms. The molecule has 0 radical (unpaired) electrons. The van der Waals surface area contributed by atoms with Gasteiger partial charge in [-0.15, -0.1) is 11.3 Å². The number of hydrogen-bond acceptors (Lipinski definition) is 4. The molecule has 0 N–H and O–H groups in total. The highest BCUT2D eigenvalue weighted by molar-refractivity contribution is 7.13. The van der Waals surface area contributed by atoms with Crippen molar-refractivity contribution in [2.75, 3.05) is 6.61 Å². The summed E-state index contributed by atoms with van der Waals surface area (Å²) in [5.41, 5.74) is 0.253. The number of rotatable bonds is 4. The van der Waals surface area contributed by atoms with E-state index in [9.17, 15) is 4.79 Å². The summed E-state index contributed by atoms with van der Waals surface area (Å²) in [6, 6.07) is 8.74. The molecule has 0 aliphatic carbocycles. The second kappa shape index (κ2) is 5.76. The predicted molar refractivity (Wildman–Crippen MR) is 86.5 cm³/mol. The number of hydrogen-bond donors (Lipinski definition) is 0. The maximum Gasteiger partial charge on any atom is 0.235 e. The lowest BCUT2D eigenvalue weighted by Crippen LogP contribution is -2.10. The van der Waals surface area contributed by atoms with E-state index in [-0.39, 0.29) is 17.8 Å². The first kappa shape index (κ1) is 13.9. The predicted octanol–water partition coefficient (Wildman–Crippen LogP) is 4.74. The van der Waals surface area contributed by atoms with Gasteiger partial charge in [0.2, 0.25) is 11.2 Å². The second-order valence-electron chi connectivity index (χ2n) is 4.31. The van der Waals surface area contributed by atoms with Crippen molar-refractivity contribution in [3.8, 4) is 16.4 Å². The molecule has 2 aromatic heterocycles. The topological polar surface area (TPSA) is 39.4 Å². The molecule has 0 spiro atoms. The molecule has 0 fully saturated rings. The van der Waals surface area contributed by atoms with E-state index < -0.39 is 0 Å². The lowest BCUT2D eigenvalue weighted by molar-refractivity contribution is 0.352. The van der Waals surface area contributed by atoms with E-state index in [0.717, 1.165) is 4.88 Å². The van der Waals surface area contributed by atoms with Gasteiger partial charge in [-0.25, -0.2) is 0 Å². The van der Waals surface area contributed by atoms with Gasteiger partial charge in [0.05, 0.1) is 10.3 Å². The number of halogens is 1. The van der Waals surface area contributed by atoms with Crippen LogP contribution in [-0.2, 0) is 0 Å². The van der Waals surface area contributed by atoms with Crippen molar-refractivity contribution in [2.45, 2.75) is 0 Å². The summed E-state index contributed by atoms with van der Waals surface area (Å²) in [6.07, 6.45) is 1.58. The van der Waals surface area contributed by atoms with Gasteiger partial charge in [-0.05, 0) is 29.6 Å². The Morgan fingerprint density at radius 3 is 2.95 bits per heavy atom. The monoisotopic (exact) mass is 318 g/mol. The van der Waals surface area contributed by atoms with E-state index in [4.69, 9.17) is 20.8 Å². The maximum atomic E-state index is 12.6. The fourth-order valence-electron chi connectivity index (χ4n) is 1.99. The van der Waals surface area contributed by atoms with E-state index in [1.165, 1.54) is 11.3 Å². The van der Waals surface area contributed by atoms with Crippen LogP contribution in [-0.4, -0.2) is 6.61 Å². The highest BCUT2D eigenvalue weighted by Gasteiger charge is 2.18. The fraction of sp³-hybridized carbons (Fsp3) is 0.0625. The van der Waals surface area contributed by atoms with E-state index in [2.05, 4.69) is 6.58 Å². The molecule has 1 aromatic carbocycles. The van der Waals surface area contributed by atoms with Crippen LogP contribution in [0.3, 0.4) is 0 Å². The molecule has 0 unspecified atom stereocenters. The highest BCUT2D eigenvalue weighted by atomic mass is 35.5. The van der Waals surface area contributed by atoms with Crippen LogP contribution in [0.4, 0.5) is 0 Å². The second-order valence-corrected chi connectivity index (χ2v) is 5.69. The Morgan fingerprint density at radius 1 is 1.38 bits per heavy atom. The number of fused-ring (bicyclic) bond motifs is 1. The van der Waals surface area contributed by atoms with Gasteiger partial charge in [0, 0.05) is 5.02 Å². The van der Waals surface area contributed by atoms with Crippen LogP contribution in [0, 0.1) is 0 Å². The average Bonchev–Trinajstić information content (AvgIpc) is 3.01. The Kier molecular flexibility index (Phi) is 3.82. The molecular formula is C16H11ClO3S. The third-order valence-corrected chi connectivity index (χ3v) is 4.00. The van der Waals surface area contributed by atoms with E-state index in [1.807, 2.05) is 17.5 Å². The lowest BCUT2D eigenvalue weighted by Gasteiger charge is -2.09. The van der Waals surface area contributed by atoms with Crippen molar-refractivity contribution in [2.24, 2.45) is 0 Å². The SMILES string of the molecule is C=CCOc1c(-c2cccs2)oc2ccc(Cl)cc2c1=O. The van der Waals surface area contributed by atoms with Gasteiger partial charge in [-0.3, -0.25) is 4.79 Å². The molecule has 21 heavy (non-hydrogen) atoms. The molecule has 3 rings (SSSR count). The van der Waals surface area contributed by atoms with Crippen LogP contribution in [0.1, 0.15) is 0 Å². The summed E-state index contributed by atoms with van der Waals surface area (Å²) >= 11 is 7.43. The van der Waals surface area contributed by atoms with Gasteiger partial charge in [-0.2, -0.15) is 0 Å². The van der Waals surface area contributed by atoms with E-state index >= 15 is 0 Å². The summed E-state index contributed by atoms with van der Waals surface area (Å²) in [4.78, 5) is 13.5. The molecule has 0 atom stereocenters. The average molecular weight is 319 g/mol. The zero-order valence-corrected chi connectivity index (χ0v) is 12.5. The molecule has 3 nitrogen and oxygen atoms in total. The van der Waals surface area contributed by atoms with Crippen LogP contribution < -0.4 is 10.2 Å². The standard InChI is InChI=1S/C16H11ClO3S/c1-2-7-19-16-14(18)11-9-10(17)5-6-12(11)20-15(16)13-4-3-8-21-13/h2-6,8-9H,1,7H2. The third kappa shape index (κ3) is 2.60. The van der Waals surface area contributed by atoms with Gasteiger partial charge in [0.1, 0.15) is 12.2 Å². The van der Waals surface area contributed by atoms with Crippen molar-refractivity contribution >= 4 is 33.9 Å². The minimum atomic E-state index is -0.232. The number of thiophene rings is 1. The van der Waals surface area contributed by atoms with Gasteiger partial charge in [-0.1, -0.05) is 30.3 Å². The van der Waals surface area contributed by atoms with Gasteiger partial charge in [0.25, 0.3) is 0 Å². The largest absolute Gasteiger partial charge is 0.482 e. The van der Waals surface area contributed by atoms with E-state index in [1.54, 1.807) is 24.3 Å². The van der Waals surface area contributed by atoms with Crippen molar-refractivity contribution in [3.05, 3.63) is 63.6 Å². The lowest BCUT2D eigenvalue weighted by atomic mass is 10.2. The summed E-state index contributed by atoms with van der Waals surface area (Å²) in [5, 5.41) is 2.80. The first-order valence-electron chi connectivity index (χ1n) is 6.24. The van der Waals surface area contributed by atoms with Crippen LogP contribution in [0.5, 0.6) is 5.75 Å². The Labute approximate surface area is 130 Å². The zero-order valence-electron chi connectivity index (χ0n) is 11.0. The Hall–Kier alpha value is -2.04. The quantitative estimate of drug-likeness (QED) is 0.652. The van der Waals surface area contributed by atoms with Crippen LogP contribution >= 0.6 is 22.9 Å². The fourth-order valence-corrected chi connectivity index (χ4v) is 2.87. The van der Waals surface area contributed by atoms with Gasteiger partial charge < -0.3 is 9.15 Å². The number of ether oxygens (including phenoxy) is 1. The van der Waals surface area contributed by atoms with Crippen LogP contribution in [0.25, 0.3) is 21.6 Å². The van der Waals surface area contributed by atoms with Crippen molar-refractivity contribution in [1.82, 2.24) is 0 Å². The molecular weight excluding hydrogens is 308 g/mol. The maximum absolute atomic E-state index is 12.6. The summed E-state index contributed by atoms with van der Waals surface area (Å²) in [7, 11) is 0. The van der Waals surface area contributed by atoms with Gasteiger partial charge >= 0.3 is 0 Å². The number of benzene rings is 1. The normalized spacial score (nSPS) is 10.7. The molecule has 0 aliphatic rings. The smallest absolute Gasteiger partial charge is 0.235 e. The molecule has 3 aromatic rings. The molecule has 2 heterocycles. The van der Waals surface area contributed by atoms with E-state index in [0.29, 0.717) is 21.8 Å². The molecule has 106 valence electrons. The summed E-state index contributed by atoms with van der Waals surface area (Å²) in [5.74, 6) is 0.624. The van der Waals surface area contributed by atoms with Crippen molar-refractivity contribution < 1.29 is 9.15 Å². The Morgan fingerprint density at radius 2 is 2.24 bits per heavy atom. The Bertz CT molecular complexity index is 850. The minimum absolute atomic E-state index is 0.187. The highest BCUT2D eigenvalue weighted by Crippen LogP contribution is 2.34. The third-order valence-electron chi connectivity index (χ3n) is 2.90. The molecule has 0 saturated heterocycles. The zero-order chi connectivity index (χ0) is 14.8. The van der Waals surface area contributed by atoms with Crippen LogP contribution in [0.2, 0.25) is 5.02 Å². The summed E-state index contributed by atoms with van der Waals surface area (Å²) < 4.78 is 11.4. The van der Waals surface area contributed by atoms with Crippen LogP contribution in [0.15, 0.2) is 57.6 Å².